The lowest BCUT2D eigenvalue weighted by atomic mass is 9.92. The molecule has 1 heterocycles. The van der Waals surface area contributed by atoms with Gasteiger partial charge in [0.15, 0.2) is 0 Å². The molecule has 26 heavy (non-hydrogen) atoms. The van der Waals surface area contributed by atoms with Gasteiger partial charge in [0.1, 0.15) is 5.75 Å². The molecule has 4 N–H and O–H groups in total. The summed E-state index contributed by atoms with van der Waals surface area (Å²) < 4.78 is 5.32. The van der Waals surface area contributed by atoms with Crippen molar-refractivity contribution in [1.29, 1.82) is 0 Å². The number of hydrogen-bond acceptors (Lipinski definition) is 6. The molecule has 0 fully saturated rings. The maximum atomic E-state index is 12.5. The van der Waals surface area contributed by atoms with Gasteiger partial charge in [-0.1, -0.05) is 18.2 Å². The topological polar surface area (TPSA) is 121 Å². The second kappa shape index (κ2) is 9.55. The van der Waals surface area contributed by atoms with Gasteiger partial charge in [0.2, 0.25) is 5.91 Å². The zero-order valence-electron chi connectivity index (χ0n) is 14.3. The third-order valence-electron chi connectivity index (χ3n) is 3.61. The van der Waals surface area contributed by atoms with Gasteiger partial charge in [-0.05, 0) is 18.2 Å². The van der Waals surface area contributed by atoms with Crippen molar-refractivity contribution in [3.05, 3.63) is 59.9 Å². The van der Waals surface area contributed by atoms with E-state index in [1.54, 1.807) is 42.6 Å². The molecule has 1 unspecified atom stereocenters. The first-order valence-corrected chi connectivity index (χ1v) is 7.98. The minimum absolute atomic E-state index is 0.0981. The van der Waals surface area contributed by atoms with Crippen molar-refractivity contribution >= 4 is 18.9 Å². The van der Waals surface area contributed by atoms with E-state index >= 15 is 0 Å². The first kappa shape index (κ1) is 19.4. The Morgan fingerprint density at radius 3 is 2.65 bits per heavy atom. The molecule has 0 aliphatic rings. The molecule has 9 heteroatoms. The van der Waals surface area contributed by atoms with Crippen LogP contribution in [0.15, 0.2) is 48.8 Å². The van der Waals surface area contributed by atoms with Crippen molar-refractivity contribution < 1.29 is 24.4 Å². The fourth-order valence-corrected chi connectivity index (χ4v) is 2.39. The van der Waals surface area contributed by atoms with Crippen molar-refractivity contribution in [2.45, 2.75) is 12.5 Å². The van der Waals surface area contributed by atoms with Crippen LogP contribution in [0.1, 0.15) is 28.4 Å². The molecule has 1 aromatic carbocycles. The minimum Gasteiger partial charge on any atom is -0.496 e. The standard InChI is InChI=1S/C17H20BN3O5/c1-26-15-7-3-2-6-13(15)14(9-16(22)20-11-18(24)25)21-17(23)12-5-4-8-19-10-12/h2-8,10,14,24-25H,9,11H2,1H3,(H,20,22)(H,21,23). The molecule has 2 aromatic rings. The van der Waals surface area contributed by atoms with Gasteiger partial charge >= 0.3 is 7.12 Å². The molecule has 1 atom stereocenters. The monoisotopic (exact) mass is 357 g/mol. The summed E-state index contributed by atoms with van der Waals surface area (Å²) in [5.74, 6) is -0.302. The van der Waals surface area contributed by atoms with Crippen molar-refractivity contribution in [2.24, 2.45) is 0 Å². The predicted molar refractivity (Wildman–Crippen MR) is 95.3 cm³/mol. The summed E-state index contributed by atoms with van der Waals surface area (Å²) in [6, 6.07) is 9.62. The van der Waals surface area contributed by atoms with Crippen molar-refractivity contribution in [3.63, 3.8) is 0 Å². The highest BCUT2D eigenvalue weighted by atomic mass is 16.5. The fourth-order valence-electron chi connectivity index (χ4n) is 2.39. The average Bonchev–Trinajstić information content (AvgIpc) is 2.66. The summed E-state index contributed by atoms with van der Waals surface area (Å²) >= 11 is 0. The van der Waals surface area contributed by atoms with Crippen LogP contribution < -0.4 is 15.4 Å². The lowest BCUT2D eigenvalue weighted by molar-refractivity contribution is -0.121. The van der Waals surface area contributed by atoms with Crippen LogP contribution in [0.3, 0.4) is 0 Å². The average molecular weight is 357 g/mol. The molecule has 2 rings (SSSR count). The van der Waals surface area contributed by atoms with Gasteiger partial charge < -0.3 is 25.4 Å². The summed E-state index contributed by atoms with van der Waals surface area (Å²) in [6.07, 6.45) is 2.59. The highest BCUT2D eigenvalue weighted by Gasteiger charge is 2.23. The number of pyridine rings is 1. The van der Waals surface area contributed by atoms with Crippen LogP contribution in [0.5, 0.6) is 5.75 Å². The van der Waals surface area contributed by atoms with Gasteiger partial charge in [0.25, 0.3) is 5.91 Å². The number of amides is 2. The summed E-state index contributed by atoms with van der Waals surface area (Å²) in [4.78, 5) is 28.5. The van der Waals surface area contributed by atoms with Gasteiger partial charge in [0, 0.05) is 18.0 Å². The maximum Gasteiger partial charge on any atom is 0.472 e. The van der Waals surface area contributed by atoms with Crippen LogP contribution in [-0.2, 0) is 4.79 Å². The number of ether oxygens (including phenoxy) is 1. The second-order valence-corrected chi connectivity index (χ2v) is 5.50. The lowest BCUT2D eigenvalue weighted by Gasteiger charge is -2.21. The number of methoxy groups -OCH3 is 1. The van der Waals surface area contributed by atoms with Crippen LogP contribution in [0.25, 0.3) is 0 Å². The van der Waals surface area contributed by atoms with E-state index in [-0.39, 0.29) is 18.8 Å². The Balaban J connectivity index is 2.21. The number of nitrogens with one attached hydrogen (secondary N) is 2. The van der Waals surface area contributed by atoms with Gasteiger partial charge in [-0.2, -0.15) is 0 Å². The Labute approximate surface area is 151 Å². The van der Waals surface area contributed by atoms with Gasteiger partial charge in [-0.15, -0.1) is 0 Å². The Morgan fingerprint density at radius 2 is 2.00 bits per heavy atom. The van der Waals surface area contributed by atoms with Crippen LogP contribution in [0, 0.1) is 0 Å². The van der Waals surface area contributed by atoms with Crippen molar-refractivity contribution in [3.8, 4) is 5.75 Å². The number of hydrogen-bond donors (Lipinski definition) is 4. The number of carbonyl (C=O) groups excluding carboxylic acids is 2. The molecule has 0 radical (unpaired) electrons. The summed E-state index contributed by atoms with van der Waals surface area (Å²) in [7, 11) is -0.144. The van der Waals surface area contributed by atoms with Crippen LogP contribution in [-0.4, -0.2) is 47.5 Å². The van der Waals surface area contributed by atoms with Crippen LogP contribution in [0.2, 0.25) is 0 Å². The van der Waals surface area contributed by atoms with E-state index in [0.717, 1.165) is 0 Å². The zero-order valence-corrected chi connectivity index (χ0v) is 14.3. The summed E-state index contributed by atoms with van der Waals surface area (Å²) in [5, 5.41) is 22.9. The fraction of sp³-hybridized carbons (Fsp3) is 0.235. The maximum absolute atomic E-state index is 12.5. The Kier molecular flexibility index (Phi) is 7.13. The zero-order chi connectivity index (χ0) is 18.9. The van der Waals surface area contributed by atoms with Gasteiger partial charge in [-0.3, -0.25) is 14.6 Å². The number of rotatable bonds is 8. The molecule has 0 spiro atoms. The number of aromatic nitrogens is 1. The van der Waals surface area contributed by atoms with Crippen molar-refractivity contribution in [1.82, 2.24) is 15.6 Å². The third-order valence-corrected chi connectivity index (χ3v) is 3.61. The molecule has 0 aliphatic heterocycles. The van der Waals surface area contributed by atoms with Crippen molar-refractivity contribution in [2.75, 3.05) is 13.6 Å². The third kappa shape index (κ3) is 5.57. The number of benzene rings is 1. The summed E-state index contributed by atoms with van der Waals surface area (Å²) in [6.45, 7) is 0. The smallest absolute Gasteiger partial charge is 0.472 e. The highest BCUT2D eigenvalue weighted by Crippen LogP contribution is 2.27. The molecule has 8 nitrogen and oxygen atoms in total. The SMILES string of the molecule is COc1ccccc1C(CC(=O)NCB(O)O)NC(=O)c1cccnc1. The molecule has 0 saturated carbocycles. The molecule has 1 aromatic heterocycles. The highest BCUT2D eigenvalue weighted by molar-refractivity contribution is 6.41. The molecular weight excluding hydrogens is 337 g/mol. The Bertz CT molecular complexity index is 742. The van der Waals surface area contributed by atoms with Gasteiger partial charge in [0.05, 0.1) is 31.6 Å². The van der Waals surface area contributed by atoms with Crippen LogP contribution in [0.4, 0.5) is 0 Å². The van der Waals surface area contributed by atoms with E-state index in [1.165, 1.54) is 13.3 Å². The first-order chi connectivity index (χ1) is 12.5. The Hall–Kier alpha value is -2.91. The van der Waals surface area contributed by atoms with Gasteiger partial charge in [-0.25, -0.2) is 0 Å². The minimum atomic E-state index is -1.64. The second-order valence-electron chi connectivity index (χ2n) is 5.50. The molecular formula is C17H20BN3O5. The van der Waals surface area contributed by atoms with E-state index in [2.05, 4.69) is 15.6 Å². The summed E-state index contributed by atoms with van der Waals surface area (Å²) in [5.41, 5.74) is 0.991. The largest absolute Gasteiger partial charge is 0.496 e. The van der Waals surface area contributed by atoms with Crippen LogP contribution >= 0.6 is 0 Å². The number of para-hydroxylation sites is 1. The van der Waals surface area contributed by atoms with E-state index in [9.17, 15) is 9.59 Å². The molecule has 0 bridgehead atoms. The quantitative estimate of drug-likeness (QED) is 0.497. The lowest BCUT2D eigenvalue weighted by Crippen LogP contribution is -2.38. The molecule has 0 aliphatic carbocycles. The molecule has 2 amide bonds. The van der Waals surface area contributed by atoms with E-state index < -0.39 is 19.1 Å². The predicted octanol–water partition coefficient (Wildman–Crippen LogP) is 0.0796. The van der Waals surface area contributed by atoms with E-state index in [0.29, 0.717) is 16.9 Å². The number of carbonyl (C=O) groups is 2. The molecule has 136 valence electrons. The molecule has 0 saturated heterocycles. The Morgan fingerprint density at radius 1 is 1.23 bits per heavy atom. The first-order valence-electron chi connectivity index (χ1n) is 7.98. The number of nitrogens with zero attached hydrogens (tertiary/aromatic N) is 1. The van der Waals surface area contributed by atoms with E-state index in [1.807, 2.05) is 0 Å². The normalized spacial score (nSPS) is 11.3. The van der Waals surface area contributed by atoms with E-state index in [4.69, 9.17) is 14.8 Å².